The van der Waals surface area contributed by atoms with E-state index in [-0.39, 0.29) is 0 Å². The SMILES string of the molecule is CC(CCl)COc1ccccc1I. The average Bonchev–Trinajstić information content (AvgIpc) is 2.16. The molecule has 1 unspecified atom stereocenters. The Balaban J connectivity index is 2.50. The average molecular weight is 311 g/mol. The summed E-state index contributed by atoms with van der Waals surface area (Å²) in [6.07, 6.45) is 0. The molecule has 0 aliphatic carbocycles. The third-order valence-electron chi connectivity index (χ3n) is 1.62. The molecule has 1 aromatic rings. The molecular weight excluding hydrogens is 298 g/mol. The zero-order valence-electron chi connectivity index (χ0n) is 7.47. The molecule has 1 aromatic carbocycles. The van der Waals surface area contributed by atoms with E-state index in [1.807, 2.05) is 24.3 Å². The van der Waals surface area contributed by atoms with E-state index in [4.69, 9.17) is 16.3 Å². The lowest BCUT2D eigenvalue weighted by molar-refractivity contribution is 0.271. The van der Waals surface area contributed by atoms with Gasteiger partial charge in [0.2, 0.25) is 0 Å². The first-order valence-electron chi connectivity index (χ1n) is 4.17. The standard InChI is InChI=1S/C10H12ClIO/c1-8(6-11)7-13-10-5-3-2-4-9(10)12/h2-5,8H,6-7H2,1H3. The van der Waals surface area contributed by atoms with Gasteiger partial charge in [0.05, 0.1) is 10.2 Å². The molecule has 0 N–H and O–H groups in total. The molecule has 1 rings (SSSR count). The summed E-state index contributed by atoms with van der Waals surface area (Å²) in [6.45, 7) is 2.76. The van der Waals surface area contributed by atoms with Gasteiger partial charge < -0.3 is 4.74 Å². The van der Waals surface area contributed by atoms with Crippen molar-refractivity contribution in [3.63, 3.8) is 0 Å². The van der Waals surface area contributed by atoms with Crippen LogP contribution in [0.3, 0.4) is 0 Å². The second kappa shape index (κ2) is 5.70. The number of halogens is 2. The first-order valence-corrected chi connectivity index (χ1v) is 5.78. The van der Waals surface area contributed by atoms with E-state index in [1.54, 1.807) is 0 Å². The van der Waals surface area contributed by atoms with Crippen LogP contribution in [0.25, 0.3) is 0 Å². The first kappa shape index (κ1) is 11.1. The molecule has 0 radical (unpaired) electrons. The third-order valence-corrected chi connectivity index (χ3v) is 3.04. The summed E-state index contributed by atoms with van der Waals surface area (Å²) >= 11 is 7.94. The van der Waals surface area contributed by atoms with Crippen molar-refractivity contribution in [2.75, 3.05) is 12.5 Å². The van der Waals surface area contributed by atoms with Crippen LogP contribution < -0.4 is 4.74 Å². The summed E-state index contributed by atoms with van der Waals surface area (Å²) in [5.74, 6) is 1.99. The fourth-order valence-electron chi connectivity index (χ4n) is 0.838. The summed E-state index contributed by atoms with van der Waals surface area (Å²) < 4.78 is 6.74. The number of benzene rings is 1. The molecule has 0 saturated heterocycles. The van der Waals surface area contributed by atoms with E-state index in [2.05, 4.69) is 29.5 Å². The van der Waals surface area contributed by atoms with Gasteiger partial charge in [0.25, 0.3) is 0 Å². The van der Waals surface area contributed by atoms with Crippen molar-refractivity contribution in [1.29, 1.82) is 0 Å². The van der Waals surface area contributed by atoms with Gasteiger partial charge in [0.15, 0.2) is 0 Å². The fourth-order valence-corrected chi connectivity index (χ4v) is 1.47. The monoisotopic (exact) mass is 310 g/mol. The lowest BCUT2D eigenvalue weighted by Crippen LogP contribution is -2.10. The fraction of sp³-hybridized carbons (Fsp3) is 0.400. The predicted octanol–water partition coefficient (Wildman–Crippen LogP) is 3.54. The molecule has 0 aliphatic rings. The predicted molar refractivity (Wildman–Crippen MR) is 64.5 cm³/mol. The van der Waals surface area contributed by atoms with Crippen molar-refractivity contribution in [2.45, 2.75) is 6.92 Å². The van der Waals surface area contributed by atoms with Gasteiger partial charge >= 0.3 is 0 Å². The molecular formula is C10H12ClIO. The first-order chi connectivity index (χ1) is 6.24. The van der Waals surface area contributed by atoms with Crippen LogP contribution in [0.5, 0.6) is 5.75 Å². The molecule has 3 heteroatoms. The Morgan fingerprint density at radius 3 is 2.77 bits per heavy atom. The largest absolute Gasteiger partial charge is 0.492 e. The molecule has 0 heterocycles. The van der Waals surface area contributed by atoms with Crippen molar-refractivity contribution < 1.29 is 4.74 Å². The molecule has 0 bridgehead atoms. The van der Waals surface area contributed by atoms with E-state index < -0.39 is 0 Å². The van der Waals surface area contributed by atoms with Crippen molar-refractivity contribution >= 4 is 34.2 Å². The number of rotatable bonds is 4. The number of para-hydroxylation sites is 1. The van der Waals surface area contributed by atoms with Crippen LogP contribution >= 0.6 is 34.2 Å². The van der Waals surface area contributed by atoms with Crippen molar-refractivity contribution in [1.82, 2.24) is 0 Å². The second-order valence-corrected chi connectivity index (χ2v) is 4.47. The molecule has 0 amide bonds. The summed E-state index contributed by atoms with van der Waals surface area (Å²) in [5, 5.41) is 0. The Kier molecular flexibility index (Phi) is 4.88. The van der Waals surface area contributed by atoms with Gasteiger partial charge in [0, 0.05) is 11.8 Å². The van der Waals surface area contributed by atoms with Gasteiger partial charge in [-0.15, -0.1) is 11.6 Å². The molecule has 1 nitrogen and oxygen atoms in total. The number of ether oxygens (including phenoxy) is 1. The van der Waals surface area contributed by atoms with Crippen LogP contribution in [-0.4, -0.2) is 12.5 Å². The van der Waals surface area contributed by atoms with Crippen molar-refractivity contribution in [3.8, 4) is 5.75 Å². The van der Waals surface area contributed by atoms with E-state index in [0.717, 1.165) is 9.32 Å². The van der Waals surface area contributed by atoms with Gasteiger partial charge in [-0.3, -0.25) is 0 Å². The minimum Gasteiger partial charge on any atom is -0.492 e. The van der Waals surface area contributed by atoms with Gasteiger partial charge in [0.1, 0.15) is 5.75 Å². The molecule has 0 saturated carbocycles. The number of hydrogen-bond donors (Lipinski definition) is 0. The third kappa shape index (κ3) is 3.73. The quantitative estimate of drug-likeness (QED) is 0.610. The van der Waals surface area contributed by atoms with Gasteiger partial charge in [-0.1, -0.05) is 19.1 Å². The second-order valence-electron chi connectivity index (χ2n) is 3.00. The highest BCUT2D eigenvalue weighted by molar-refractivity contribution is 14.1. The zero-order valence-corrected chi connectivity index (χ0v) is 10.4. The highest BCUT2D eigenvalue weighted by atomic mass is 127. The Morgan fingerprint density at radius 1 is 1.46 bits per heavy atom. The maximum atomic E-state index is 5.68. The van der Waals surface area contributed by atoms with E-state index in [0.29, 0.717) is 18.4 Å². The van der Waals surface area contributed by atoms with Crippen molar-refractivity contribution in [2.24, 2.45) is 5.92 Å². The summed E-state index contributed by atoms with van der Waals surface area (Å²) in [6, 6.07) is 7.98. The Bertz CT molecular complexity index is 265. The van der Waals surface area contributed by atoms with E-state index >= 15 is 0 Å². The Hall–Kier alpha value is 0.0400. The number of hydrogen-bond acceptors (Lipinski definition) is 1. The molecule has 0 aromatic heterocycles. The van der Waals surface area contributed by atoms with Crippen LogP contribution in [0.2, 0.25) is 0 Å². The smallest absolute Gasteiger partial charge is 0.132 e. The Morgan fingerprint density at radius 2 is 2.15 bits per heavy atom. The summed E-state index contributed by atoms with van der Waals surface area (Å²) in [7, 11) is 0. The van der Waals surface area contributed by atoms with Gasteiger partial charge in [-0.2, -0.15) is 0 Å². The molecule has 72 valence electrons. The zero-order chi connectivity index (χ0) is 9.68. The van der Waals surface area contributed by atoms with Crippen LogP contribution in [0, 0.1) is 9.49 Å². The topological polar surface area (TPSA) is 9.23 Å². The normalized spacial score (nSPS) is 12.5. The highest BCUT2D eigenvalue weighted by Crippen LogP contribution is 2.20. The molecule has 0 aliphatic heterocycles. The maximum Gasteiger partial charge on any atom is 0.132 e. The minimum absolute atomic E-state index is 0.401. The van der Waals surface area contributed by atoms with Crippen LogP contribution in [0.4, 0.5) is 0 Å². The van der Waals surface area contributed by atoms with Crippen LogP contribution in [0.1, 0.15) is 6.92 Å². The molecule has 0 spiro atoms. The van der Waals surface area contributed by atoms with Crippen LogP contribution in [0.15, 0.2) is 24.3 Å². The van der Waals surface area contributed by atoms with Gasteiger partial charge in [-0.05, 0) is 34.7 Å². The lowest BCUT2D eigenvalue weighted by atomic mass is 10.2. The lowest BCUT2D eigenvalue weighted by Gasteiger charge is -2.11. The Labute approximate surface area is 97.6 Å². The summed E-state index contributed by atoms with van der Waals surface area (Å²) in [5.41, 5.74) is 0. The number of alkyl halides is 1. The van der Waals surface area contributed by atoms with E-state index in [9.17, 15) is 0 Å². The molecule has 0 fully saturated rings. The summed E-state index contributed by atoms with van der Waals surface area (Å²) in [4.78, 5) is 0. The minimum atomic E-state index is 0.401. The van der Waals surface area contributed by atoms with Crippen molar-refractivity contribution in [3.05, 3.63) is 27.8 Å². The molecule has 1 atom stereocenters. The van der Waals surface area contributed by atoms with Gasteiger partial charge in [-0.25, -0.2) is 0 Å². The van der Waals surface area contributed by atoms with Crippen LogP contribution in [-0.2, 0) is 0 Å². The maximum absolute atomic E-state index is 5.68. The van der Waals surface area contributed by atoms with E-state index in [1.165, 1.54) is 0 Å². The highest BCUT2D eigenvalue weighted by Gasteiger charge is 2.03. The molecule has 13 heavy (non-hydrogen) atoms.